The number of piperazine rings is 1. The Balaban J connectivity index is 1.61. The van der Waals surface area contributed by atoms with E-state index < -0.39 is 11.4 Å². The van der Waals surface area contributed by atoms with Gasteiger partial charge in [-0.15, -0.1) is 0 Å². The van der Waals surface area contributed by atoms with Crippen molar-refractivity contribution < 1.29 is 14.6 Å². The minimum Gasteiger partial charge on any atom is -0.487 e. The van der Waals surface area contributed by atoms with Crippen molar-refractivity contribution in [3.05, 3.63) is 34.3 Å². The monoisotopic (exact) mass is 492 g/mol. The first kappa shape index (κ1) is 21.1. The molecule has 3 heterocycles. The zero-order valence-electron chi connectivity index (χ0n) is 17.2. The summed E-state index contributed by atoms with van der Waals surface area (Å²) < 4.78 is 6.46. The molecule has 160 valence electrons. The molecule has 0 amide bonds. The molecule has 30 heavy (non-hydrogen) atoms. The second kappa shape index (κ2) is 8.20. The van der Waals surface area contributed by atoms with Gasteiger partial charge in [0, 0.05) is 43.3 Å². The molecule has 1 aromatic heterocycles. The molecule has 2 N–H and O–H groups in total. The minimum absolute atomic E-state index is 0.539. The molecule has 0 spiro atoms. The maximum absolute atomic E-state index is 11.5. The highest BCUT2D eigenvalue weighted by atomic mass is 79.9. The van der Waals surface area contributed by atoms with Crippen LogP contribution >= 0.6 is 27.3 Å². The summed E-state index contributed by atoms with van der Waals surface area (Å²) >= 11 is 5.11. The van der Waals surface area contributed by atoms with Crippen molar-refractivity contribution in [1.82, 2.24) is 9.80 Å². The number of nitrogens with zero attached hydrogens (tertiary/aromatic N) is 3. The van der Waals surface area contributed by atoms with Crippen LogP contribution in [0.2, 0.25) is 0 Å². The molecule has 1 fully saturated rings. The molecule has 0 atom stereocenters. The molecule has 4 rings (SSSR count). The lowest BCUT2D eigenvalue weighted by atomic mass is 9.93. The van der Waals surface area contributed by atoms with E-state index in [2.05, 4.69) is 31.0 Å². The molecule has 0 radical (unpaired) electrons. The summed E-state index contributed by atoms with van der Waals surface area (Å²) in [5.41, 5.74) is 2.12. The van der Waals surface area contributed by atoms with Gasteiger partial charge in [0.05, 0.1) is 29.5 Å². The Kier molecular flexibility index (Phi) is 5.78. The van der Waals surface area contributed by atoms with Crippen LogP contribution in [0, 0.1) is 5.41 Å². The normalized spacial score (nSPS) is 16.8. The molecule has 0 unspecified atom stereocenters. The number of methoxy groups -OCH3 is 1. The SMILES string of the molecule is COc1cc2c(s1)Nc1ccc(Br)cc1N=C2N1CCN(CC(C)(C)C(=O)O)CC1. The van der Waals surface area contributed by atoms with E-state index in [1.54, 1.807) is 32.3 Å². The first-order valence-electron chi connectivity index (χ1n) is 9.81. The van der Waals surface area contributed by atoms with Gasteiger partial charge in [-0.1, -0.05) is 27.3 Å². The van der Waals surface area contributed by atoms with E-state index in [9.17, 15) is 9.90 Å². The lowest BCUT2D eigenvalue weighted by molar-refractivity contribution is -0.148. The zero-order valence-corrected chi connectivity index (χ0v) is 19.6. The summed E-state index contributed by atoms with van der Waals surface area (Å²) in [7, 11) is 1.68. The Hall–Kier alpha value is -2.10. The van der Waals surface area contributed by atoms with E-state index >= 15 is 0 Å². The topological polar surface area (TPSA) is 77.4 Å². The molecular weight excluding hydrogens is 468 g/mol. The van der Waals surface area contributed by atoms with Gasteiger partial charge in [-0.3, -0.25) is 9.69 Å². The van der Waals surface area contributed by atoms with Crippen LogP contribution in [0.4, 0.5) is 16.4 Å². The smallest absolute Gasteiger partial charge is 0.310 e. The Morgan fingerprint density at radius 3 is 2.70 bits per heavy atom. The van der Waals surface area contributed by atoms with Crippen LogP contribution in [0.3, 0.4) is 0 Å². The van der Waals surface area contributed by atoms with E-state index in [1.807, 2.05) is 24.3 Å². The third-order valence-corrected chi connectivity index (χ3v) is 6.96. The highest BCUT2D eigenvalue weighted by molar-refractivity contribution is 9.10. The summed E-state index contributed by atoms with van der Waals surface area (Å²) in [6.07, 6.45) is 0. The maximum atomic E-state index is 11.5. The fourth-order valence-corrected chi connectivity index (χ4v) is 4.94. The van der Waals surface area contributed by atoms with Gasteiger partial charge in [0.1, 0.15) is 10.8 Å². The van der Waals surface area contributed by atoms with Crippen molar-refractivity contribution in [2.24, 2.45) is 10.4 Å². The van der Waals surface area contributed by atoms with Gasteiger partial charge < -0.3 is 20.1 Å². The lowest BCUT2D eigenvalue weighted by Crippen LogP contribution is -2.52. The van der Waals surface area contributed by atoms with Crippen molar-refractivity contribution in [1.29, 1.82) is 0 Å². The molecular formula is C21H25BrN4O3S. The van der Waals surface area contributed by atoms with E-state index in [-0.39, 0.29) is 0 Å². The van der Waals surface area contributed by atoms with Gasteiger partial charge in [0.15, 0.2) is 5.06 Å². The molecule has 2 aliphatic heterocycles. The Morgan fingerprint density at radius 1 is 1.30 bits per heavy atom. The Labute approximate surface area is 188 Å². The van der Waals surface area contributed by atoms with Gasteiger partial charge in [0.25, 0.3) is 0 Å². The summed E-state index contributed by atoms with van der Waals surface area (Å²) in [5, 5.41) is 14.8. The minimum atomic E-state index is -0.763. The summed E-state index contributed by atoms with van der Waals surface area (Å²) in [6, 6.07) is 8.07. The van der Waals surface area contributed by atoms with Crippen LogP contribution in [0.25, 0.3) is 0 Å². The number of thiophene rings is 1. The number of fused-ring (bicyclic) bond motifs is 2. The number of ether oxygens (including phenoxy) is 1. The number of aliphatic carboxylic acids is 1. The number of anilines is 2. The average Bonchev–Trinajstić information content (AvgIpc) is 3.04. The van der Waals surface area contributed by atoms with Gasteiger partial charge in [-0.05, 0) is 32.0 Å². The molecule has 0 aliphatic carbocycles. The summed E-state index contributed by atoms with van der Waals surface area (Å²) in [6.45, 7) is 7.27. The van der Waals surface area contributed by atoms with E-state index in [1.165, 1.54) is 0 Å². The fraction of sp³-hybridized carbons (Fsp3) is 0.429. The first-order chi connectivity index (χ1) is 14.3. The number of rotatable bonds is 4. The van der Waals surface area contributed by atoms with Crippen molar-refractivity contribution in [3.63, 3.8) is 0 Å². The summed E-state index contributed by atoms with van der Waals surface area (Å²) in [4.78, 5) is 21.0. The number of benzene rings is 1. The number of aliphatic imine (C=N–C) groups is 1. The second-order valence-electron chi connectivity index (χ2n) is 8.19. The van der Waals surface area contributed by atoms with Crippen LogP contribution in [0.15, 0.2) is 33.7 Å². The summed E-state index contributed by atoms with van der Waals surface area (Å²) in [5.74, 6) is 0.160. The van der Waals surface area contributed by atoms with Crippen molar-refractivity contribution >= 4 is 55.4 Å². The van der Waals surface area contributed by atoms with Crippen LogP contribution < -0.4 is 10.1 Å². The van der Waals surface area contributed by atoms with E-state index in [0.29, 0.717) is 6.54 Å². The predicted octanol–water partition coefficient (Wildman–Crippen LogP) is 4.38. The number of halogens is 1. The van der Waals surface area contributed by atoms with E-state index in [4.69, 9.17) is 9.73 Å². The zero-order chi connectivity index (χ0) is 21.5. The molecule has 2 aromatic rings. The Morgan fingerprint density at radius 2 is 2.03 bits per heavy atom. The number of nitrogens with one attached hydrogen (secondary N) is 1. The Bertz CT molecular complexity index is 996. The van der Waals surface area contributed by atoms with E-state index in [0.717, 1.165) is 63.5 Å². The molecule has 1 saturated heterocycles. The predicted molar refractivity (Wildman–Crippen MR) is 124 cm³/mol. The van der Waals surface area contributed by atoms with Crippen molar-refractivity contribution in [3.8, 4) is 5.06 Å². The third kappa shape index (κ3) is 4.19. The van der Waals surface area contributed by atoms with Crippen LogP contribution in [-0.2, 0) is 4.79 Å². The van der Waals surface area contributed by atoms with Crippen LogP contribution in [0.5, 0.6) is 5.06 Å². The second-order valence-corrected chi connectivity index (χ2v) is 10.1. The number of carboxylic acid groups (broad SMARTS) is 1. The molecule has 1 aromatic carbocycles. The number of hydrogen-bond donors (Lipinski definition) is 2. The maximum Gasteiger partial charge on any atom is 0.310 e. The van der Waals surface area contributed by atoms with Gasteiger partial charge >= 0.3 is 5.97 Å². The van der Waals surface area contributed by atoms with Crippen LogP contribution in [0.1, 0.15) is 19.4 Å². The van der Waals surface area contributed by atoms with Gasteiger partial charge in [-0.2, -0.15) is 0 Å². The molecule has 9 heteroatoms. The lowest BCUT2D eigenvalue weighted by Gasteiger charge is -2.38. The third-order valence-electron chi connectivity index (χ3n) is 5.46. The van der Waals surface area contributed by atoms with Gasteiger partial charge in [0.2, 0.25) is 0 Å². The number of hydrogen-bond acceptors (Lipinski definition) is 7. The highest BCUT2D eigenvalue weighted by Gasteiger charge is 2.32. The first-order valence-corrected chi connectivity index (χ1v) is 11.4. The standard InChI is InChI=1S/C21H25BrN4O3S/c1-21(2,20(27)28)12-25-6-8-26(9-7-25)18-14-11-17(29-3)30-19(14)24-15-5-4-13(22)10-16(15)23-18/h4-5,10-11,24H,6-9,12H2,1-3H3,(H,27,28). The molecule has 0 saturated carbocycles. The fourth-order valence-electron chi connectivity index (χ4n) is 3.71. The quantitative estimate of drug-likeness (QED) is 0.659. The molecule has 2 aliphatic rings. The number of amidine groups is 1. The van der Waals surface area contributed by atoms with Crippen LogP contribution in [-0.4, -0.2) is 66.5 Å². The number of carboxylic acids is 1. The van der Waals surface area contributed by atoms with Gasteiger partial charge in [-0.25, -0.2) is 4.99 Å². The number of carbonyl (C=O) groups is 1. The molecule has 0 bridgehead atoms. The molecule has 7 nitrogen and oxygen atoms in total. The average molecular weight is 493 g/mol. The van der Waals surface area contributed by atoms with Crippen molar-refractivity contribution in [2.45, 2.75) is 13.8 Å². The largest absolute Gasteiger partial charge is 0.487 e. The highest BCUT2D eigenvalue weighted by Crippen LogP contribution is 2.42. The van der Waals surface area contributed by atoms with Crippen molar-refractivity contribution in [2.75, 3.05) is 45.2 Å².